The molecule has 0 aliphatic carbocycles. The Bertz CT molecular complexity index is 2170. The Balaban J connectivity index is 1.44. The lowest BCUT2D eigenvalue weighted by Gasteiger charge is -2.47. The summed E-state index contributed by atoms with van der Waals surface area (Å²) in [6.07, 6.45) is -1.90. The molecule has 0 bridgehead atoms. The Kier molecular flexibility index (Phi) is 16.4. The molecule has 0 radical (unpaired) electrons. The van der Waals surface area contributed by atoms with Gasteiger partial charge >= 0.3 is 12.1 Å². The first-order valence-electron chi connectivity index (χ1n) is 22.2. The molecule has 3 saturated heterocycles. The van der Waals surface area contributed by atoms with Crippen molar-refractivity contribution in [1.29, 1.82) is 0 Å². The van der Waals surface area contributed by atoms with Crippen molar-refractivity contribution in [2.24, 2.45) is 28.8 Å². The lowest BCUT2D eigenvalue weighted by Crippen LogP contribution is -2.59. The minimum atomic E-state index is -1.42. The number of benzene rings is 2. The van der Waals surface area contributed by atoms with E-state index in [2.05, 4.69) is 16.8 Å². The van der Waals surface area contributed by atoms with Crippen molar-refractivity contribution < 1.29 is 52.7 Å². The molecule has 0 amide bonds. The smallest absolute Gasteiger partial charge is 0.458 e. The zero-order valence-electron chi connectivity index (χ0n) is 38.6. The van der Waals surface area contributed by atoms with Gasteiger partial charge in [0.2, 0.25) is 0 Å². The van der Waals surface area contributed by atoms with E-state index in [1.54, 1.807) is 39.4 Å². The number of halogens is 1. The largest absolute Gasteiger partial charge is 0.509 e. The van der Waals surface area contributed by atoms with Crippen LogP contribution in [0.25, 0.3) is 10.8 Å². The number of ether oxygens (including phenoxy) is 7. The highest BCUT2D eigenvalue weighted by molar-refractivity contribution is 6.31. The number of cyclic esters (lactones) is 1. The Morgan fingerprint density at radius 2 is 1.75 bits per heavy atom. The van der Waals surface area contributed by atoms with Crippen molar-refractivity contribution >= 4 is 40.2 Å². The number of aliphatic hydroxyl groups is 1. The summed E-state index contributed by atoms with van der Waals surface area (Å²) < 4.78 is 44.6. The molecule has 6 rings (SSSR count). The Morgan fingerprint density at radius 3 is 2.47 bits per heavy atom. The van der Waals surface area contributed by atoms with Crippen molar-refractivity contribution in [1.82, 2.24) is 9.88 Å². The minimum Gasteiger partial charge on any atom is -0.458 e. The summed E-state index contributed by atoms with van der Waals surface area (Å²) in [5.41, 5.74) is -0.571. The first-order valence-corrected chi connectivity index (χ1v) is 22.5. The lowest BCUT2D eigenvalue weighted by atomic mass is 9.73. The van der Waals surface area contributed by atoms with Crippen LogP contribution in [0.1, 0.15) is 78.9 Å². The monoisotopic (exact) mass is 905 g/mol. The second kappa shape index (κ2) is 21.3. The molecule has 14 nitrogen and oxygen atoms in total. The van der Waals surface area contributed by atoms with Gasteiger partial charge in [-0.3, -0.25) is 9.78 Å². The van der Waals surface area contributed by atoms with E-state index in [1.807, 2.05) is 96.1 Å². The summed E-state index contributed by atoms with van der Waals surface area (Å²) in [5.74, 6) is 3.22. The summed E-state index contributed by atoms with van der Waals surface area (Å²) in [6, 6.07) is 14.9. The van der Waals surface area contributed by atoms with E-state index < -0.39 is 83.8 Å². The number of pyridine rings is 1. The number of esters is 1. The van der Waals surface area contributed by atoms with Crippen LogP contribution in [-0.2, 0) is 49.4 Å². The van der Waals surface area contributed by atoms with E-state index >= 15 is 0 Å². The van der Waals surface area contributed by atoms with Crippen molar-refractivity contribution in [2.75, 3.05) is 34.4 Å². The van der Waals surface area contributed by atoms with Crippen LogP contribution in [0.15, 0.2) is 66.1 Å². The third-order valence-corrected chi connectivity index (χ3v) is 13.7. The predicted molar refractivity (Wildman–Crippen MR) is 241 cm³/mol. The number of rotatable bonds is 10. The number of carbonyl (C=O) groups excluding carboxylic acids is 2. The number of fused-ring (bicyclic) bond motifs is 2. The van der Waals surface area contributed by atoms with Crippen LogP contribution in [0.4, 0.5) is 4.79 Å². The molecule has 4 heterocycles. The number of aromatic nitrogens is 1. The van der Waals surface area contributed by atoms with Gasteiger partial charge in [-0.25, -0.2) is 4.79 Å². The summed E-state index contributed by atoms with van der Waals surface area (Å²) in [4.78, 5) is 40.1. The van der Waals surface area contributed by atoms with Gasteiger partial charge in [0, 0.05) is 64.7 Å². The Hall–Kier alpha value is -4.33. The van der Waals surface area contributed by atoms with Crippen LogP contribution in [0.2, 0.25) is 5.02 Å². The van der Waals surface area contributed by atoms with Gasteiger partial charge in [-0.2, -0.15) is 0 Å². The molecule has 348 valence electrons. The fourth-order valence-corrected chi connectivity index (χ4v) is 9.92. The molecule has 1 aromatic heterocycles. The summed E-state index contributed by atoms with van der Waals surface area (Å²) in [6.45, 7) is 13.4. The quantitative estimate of drug-likeness (QED) is 0.121. The Labute approximate surface area is 382 Å². The minimum absolute atomic E-state index is 0.0620. The van der Waals surface area contributed by atoms with Gasteiger partial charge in [-0.05, 0) is 60.2 Å². The number of aliphatic hydroxyl groups excluding tert-OH is 1. The SMILES string of the molecule is CC[C@H]1OC(=O)[C@H](C)[C@@H](OCC#Cc2cncc3ccccc23)[C@H](C)[C@@H](O[C@@H]2OCC[C@H](N(C)C)[C@H]2O)[C@](C)(OC)C[C@@H](C)/C(=N\OCc2ccccc2Cl)[C@H](C)[C@H]2OC(=O)O[C@@]21C. The van der Waals surface area contributed by atoms with E-state index in [9.17, 15) is 14.7 Å². The van der Waals surface area contributed by atoms with Crippen LogP contribution in [0, 0.1) is 35.5 Å². The van der Waals surface area contributed by atoms with Crippen molar-refractivity contribution in [3.63, 3.8) is 0 Å². The highest BCUT2D eigenvalue weighted by atomic mass is 35.5. The molecule has 15 heteroatoms. The van der Waals surface area contributed by atoms with Crippen LogP contribution in [0.3, 0.4) is 0 Å². The third-order valence-electron chi connectivity index (χ3n) is 13.3. The van der Waals surface area contributed by atoms with E-state index in [1.165, 1.54) is 0 Å². The van der Waals surface area contributed by atoms with Crippen molar-refractivity contribution in [3.8, 4) is 11.8 Å². The van der Waals surface area contributed by atoms with E-state index in [-0.39, 0.29) is 25.7 Å². The Morgan fingerprint density at radius 1 is 1.02 bits per heavy atom. The van der Waals surface area contributed by atoms with Gasteiger partial charge in [0.15, 0.2) is 18.0 Å². The van der Waals surface area contributed by atoms with Crippen LogP contribution < -0.4 is 0 Å². The third kappa shape index (κ3) is 10.7. The topological polar surface area (TPSA) is 157 Å². The number of nitrogens with zero attached hydrogens (tertiary/aromatic N) is 3. The van der Waals surface area contributed by atoms with Crippen LogP contribution >= 0.6 is 11.6 Å². The van der Waals surface area contributed by atoms with E-state index in [4.69, 9.17) is 54.8 Å². The molecule has 1 N–H and O–H groups in total. The summed E-state index contributed by atoms with van der Waals surface area (Å²) in [7, 11) is 5.41. The molecule has 13 atom stereocenters. The molecule has 64 heavy (non-hydrogen) atoms. The number of methoxy groups -OCH3 is 1. The zero-order valence-corrected chi connectivity index (χ0v) is 39.4. The molecule has 3 aliphatic heterocycles. The molecule has 0 spiro atoms. The molecule has 3 aromatic rings. The molecule has 0 unspecified atom stereocenters. The average molecular weight is 907 g/mol. The number of hydrogen-bond acceptors (Lipinski definition) is 14. The van der Waals surface area contributed by atoms with Gasteiger partial charge in [-0.1, -0.05) is 98.8 Å². The zero-order chi connectivity index (χ0) is 46.3. The first kappa shape index (κ1) is 49.1. The summed E-state index contributed by atoms with van der Waals surface area (Å²) >= 11 is 6.49. The van der Waals surface area contributed by atoms with Gasteiger partial charge in [0.05, 0.1) is 41.6 Å². The summed E-state index contributed by atoms with van der Waals surface area (Å²) in [5, 5.41) is 18.9. The maximum atomic E-state index is 14.6. The van der Waals surface area contributed by atoms with Gasteiger partial charge in [0.1, 0.15) is 25.4 Å². The highest BCUT2D eigenvalue weighted by Gasteiger charge is 2.59. The number of hydrogen-bond donors (Lipinski definition) is 1. The second-order valence-corrected chi connectivity index (χ2v) is 18.3. The molecule has 2 aromatic carbocycles. The first-order chi connectivity index (χ1) is 30.5. The lowest BCUT2D eigenvalue weighted by molar-refractivity contribution is -0.289. The number of oxime groups is 1. The van der Waals surface area contributed by atoms with E-state index in [0.29, 0.717) is 30.2 Å². The normalized spacial score (nSPS) is 34.5. The molecule has 0 saturated carbocycles. The van der Waals surface area contributed by atoms with Crippen LogP contribution in [0.5, 0.6) is 0 Å². The highest BCUT2D eigenvalue weighted by Crippen LogP contribution is 2.43. The van der Waals surface area contributed by atoms with E-state index in [0.717, 1.165) is 21.9 Å². The number of likely N-dealkylation sites (N-methyl/N-ethyl adjacent to an activating group) is 1. The van der Waals surface area contributed by atoms with Gasteiger partial charge in [0.25, 0.3) is 0 Å². The van der Waals surface area contributed by atoms with Crippen molar-refractivity contribution in [2.45, 2.75) is 128 Å². The maximum Gasteiger partial charge on any atom is 0.509 e. The average Bonchev–Trinajstić information content (AvgIpc) is 3.59. The van der Waals surface area contributed by atoms with Gasteiger partial charge in [-0.15, -0.1) is 0 Å². The molecule has 3 aliphatic rings. The molecular formula is C49H64ClN3O11. The molecule has 3 fully saturated rings. The van der Waals surface area contributed by atoms with Crippen LogP contribution in [-0.4, -0.2) is 121 Å². The van der Waals surface area contributed by atoms with Crippen molar-refractivity contribution in [3.05, 3.63) is 77.1 Å². The second-order valence-electron chi connectivity index (χ2n) is 17.9. The standard InChI is InChI=1S/C49H64ClN3O11/c1-11-39-49(7)44(63-47(56)64-49)30(3)40(52-60-28-35-18-13-15-21-37(35)50)29(2)25-48(6,57-10)43(62-46-41(54)38(53(8)9)22-24-59-46)31(4)42(32(5)45(55)61-39)58-23-16-19-34-27-51-26-33-17-12-14-20-36(33)34/h12-15,17-18,20-21,26-27,29-32,38-39,41-44,46,54H,11,22-25,28H2,1-10H3/b52-40+/t29-,30+,31+,32-,38+,39-,41-,42+,43-,44-,46+,48-,49-/m1/s1. The molecular weight excluding hydrogens is 842 g/mol. The predicted octanol–water partition coefficient (Wildman–Crippen LogP) is 7.59. The maximum absolute atomic E-state index is 14.6. The number of carbonyl (C=O) groups is 2. The fourth-order valence-electron chi connectivity index (χ4n) is 9.73. The fraction of sp³-hybridized carbons (Fsp3) is 0.592. The van der Waals surface area contributed by atoms with Gasteiger partial charge < -0.3 is 48.0 Å².